The fourth-order valence-electron chi connectivity index (χ4n) is 3.33. The number of benzene rings is 2. The monoisotopic (exact) mass is 360 g/mol. The Morgan fingerprint density at radius 2 is 1.73 bits per heavy atom. The van der Waals surface area contributed by atoms with E-state index in [0.717, 1.165) is 11.1 Å². The number of hydrogen-bond acceptors (Lipinski definition) is 6. The third-order valence-corrected chi connectivity index (χ3v) is 4.85. The van der Waals surface area contributed by atoms with E-state index in [1.54, 1.807) is 31.4 Å². The molecule has 0 bridgehead atoms. The van der Waals surface area contributed by atoms with Crippen LogP contribution in [0.25, 0.3) is 0 Å². The van der Waals surface area contributed by atoms with Crippen molar-refractivity contribution >= 4 is 0 Å². The van der Waals surface area contributed by atoms with Crippen molar-refractivity contribution < 1.29 is 29.5 Å². The summed E-state index contributed by atoms with van der Waals surface area (Å²) < 4.78 is 16.8. The van der Waals surface area contributed by atoms with Crippen molar-refractivity contribution in [2.75, 3.05) is 14.2 Å². The van der Waals surface area contributed by atoms with Crippen LogP contribution >= 0.6 is 0 Å². The van der Waals surface area contributed by atoms with Crippen LogP contribution in [0.1, 0.15) is 48.7 Å². The standard InChI is InChI=1S/C20H24O6/c1-10-14-7-13(18(23)11(2)21)9-17(25-4)20(14)26-19(10)12-5-6-15(22)16(8-12)24-3/h5-11,18-19,21-23H,1-4H3/t10-,11-,18+,19-/m0/s1. The smallest absolute Gasteiger partial charge is 0.165 e. The highest BCUT2D eigenvalue weighted by Crippen LogP contribution is 2.51. The Labute approximate surface area is 152 Å². The van der Waals surface area contributed by atoms with Gasteiger partial charge in [-0.2, -0.15) is 0 Å². The summed E-state index contributed by atoms with van der Waals surface area (Å²) in [7, 11) is 3.04. The molecule has 3 rings (SSSR count). The fraction of sp³-hybridized carbons (Fsp3) is 0.400. The van der Waals surface area contributed by atoms with Crippen molar-refractivity contribution in [3.8, 4) is 23.0 Å². The number of hydrogen-bond donors (Lipinski definition) is 3. The van der Waals surface area contributed by atoms with Gasteiger partial charge < -0.3 is 29.5 Å². The van der Waals surface area contributed by atoms with E-state index in [2.05, 4.69) is 0 Å². The molecule has 4 atom stereocenters. The van der Waals surface area contributed by atoms with Crippen LogP contribution in [-0.4, -0.2) is 35.6 Å². The van der Waals surface area contributed by atoms with Crippen molar-refractivity contribution in [1.82, 2.24) is 0 Å². The number of aromatic hydroxyl groups is 1. The molecule has 0 saturated carbocycles. The van der Waals surface area contributed by atoms with Crippen molar-refractivity contribution in [2.24, 2.45) is 0 Å². The first-order valence-electron chi connectivity index (χ1n) is 8.48. The van der Waals surface area contributed by atoms with E-state index in [0.29, 0.717) is 22.8 Å². The normalized spacial score (nSPS) is 20.8. The molecule has 1 aliphatic heterocycles. The van der Waals surface area contributed by atoms with Gasteiger partial charge in [0.15, 0.2) is 23.0 Å². The lowest BCUT2D eigenvalue weighted by atomic mass is 9.90. The molecule has 6 nitrogen and oxygen atoms in total. The van der Waals surface area contributed by atoms with Gasteiger partial charge in [0, 0.05) is 11.5 Å². The van der Waals surface area contributed by atoms with Gasteiger partial charge in [0.05, 0.1) is 20.3 Å². The minimum atomic E-state index is -1.01. The highest BCUT2D eigenvalue weighted by atomic mass is 16.5. The lowest BCUT2D eigenvalue weighted by Crippen LogP contribution is -2.14. The van der Waals surface area contributed by atoms with Crippen LogP contribution in [0.4, 0.5) is 0 Å². The van der Waals surface area contributed by atoms with Gasteiger partial charge in [-0.05, 0) is 42.3 Å². The van der Waals surface area contributed by atoms with E-state index < -0.39 is 12.2 Å². The number of aliphatic hydroxyl groups excluding tert-OH is 2. The number of aliphatic hydroxyl groups is 2. The predicted octanol–water partition coefficient (Wildman–Crippen LogP) is 3.06. The highest BCUT2D eigenvalue weighted by Gasteiger charge is 2.36. The fourth-order valence-corrected chi connectivity index (χ4v) is 3.33. The Hall–Kier alpha value is -2.44. The van der Waals surface area contributed by atoms with Gasteiger partial charge >= 0.3 is 0 Å². The first-order chi connectivity index (χ1) is 12.4. The van der Waals surface area contributed by atoms with Crippen LogP contribution in [-0.2, 0) is 0 Å². The maximum Gasteiger partial charge on any atom is 0.165 e. The van der Waals surface area contributed by atoms with Crippen molar-refractivity contribution in [3.63, 3.8) is 0 Å². The highest BCUT2D eigenvalue weighted by molar-refractivity contribution is 5.56. The largest absolute Gasteiger partial charge is 0.504 e. The van der Waals surface area contributed by atoms with Gasteiger partial charge in [0.1, 0.15) is 12.2 Å². The Bertz CT molecular complexity index is 801. The zero-order valence-corrected chi connectivity index (χ0v) is 15.3. The first kappa shape index (κ1) is 18.4. The molecule has 2 aromatic rings. The van der Waals surface area contributed by atoms with Crippen molar-refractivity contribution in [1.29, 1.82) is 0 Å². The number of rotatable bonds is 5. The third-order valence-electron chi connectivity index (χ3n) is 4.85. The maximum atomic E-state index is 10.2. The number of fused-ring (bicyclic) bond motifs is 1. The van der Waals surface area contributed by atoms with Gasteiger partial charge in [-0.3, -0.25) is 0 Å². The van der Waals surface area contributed by atoms with Crippen LogP contribution in [0.5, 0.6) is 23.0 Å². The zero-order chi connectivity index (χ0) is 19.0. The minimum absolute atomic E-state index is 0.0192. The Morgan fingerprint density at radius 1 is 1.04 bits per heavy atom. The molecule has 140 valence electrons. The lowest BCUT2D eigenvalue weighted by Gasteiger charge is -2.17. The molecule has 0 spiro atoms. The predicted molar refractivity (Wildman–Crippen MR) is 96.1 cm³/mol. The summed E-state index contributed by atoms with van der Waals surface area (Å²) in [6.07, 6.45) is -2.19. The van der Waals surface area contributed by atoms with E-state index in [1.165, 1.54) is 14.0 Å². The number of methoxy groups -OCH3 is 2. The van der Waals surface area contributed by atoms with Gasteiger partial charge in [-0.1, -0.05) is 13.0 Å². The summed E-state index contributed by atoms with van der Waals surface area (Å²) in [6, 6.07) is 8.65. The molecule has 6 heteroatoms. The van der Waals surface area contributed by atoms with Crippen molar-refractivity contribution in [3.05, 3.63) is 47.0 Å². The number of ether oxygens (including phenoxy) is 3. The second-order valence-corrected chi connectivity index (χ2v) is 6.59. The van der Waals surface area contributed by atoms with Crippen LogP contribution in [0.2, 0.25) is 0 Å². The van der Waals surface area contributed by atoms with Crippen molar-refractivity contribution in [2.45, 2.75) is 38.1 Å². The quantitative estimate of drug-likeness (QED) is 0.759. The van der Waals surface area contributed by atoms with Gasteiger partial charge in [-0.15, -0.1) is 0 Å². The van der Waals surface area contributed by atoms with E-state index in [9.17, 15) is 15.3 Å². The summed E-state index contributed by atoms with van der Waals surface area (Å²) in [4.78, 5) is 0. The summed E-state index contributed by atoms with van der Waals surface area (Å²) in [6.45, 7) is 3.56. The summed E-state index contributed by atoms with van der Waals surface area (Å²) in [5.74, 6) is 1.57. The SMILES string of the molecule is COc1cc([C@H]2Oc3c(OC)cc([C@H](O)[C@H](C)O)cc3[C@@H]2C)ccc1O. The molecule has 0 aromatic heterocycles. The molecule has 1 aliphatic rings. The topological polar surface area (TPSA) is 88.4 Å². The molecule has 2 aromatic carbocycles. The zero-order valence-electron chi connectivity index (χ0n) is 15.3. The van der Waals surface area contributed by atoms with E-state index >= 15 is 0 Å². The van der Waals surface area contributed by atoms with Crippen LogP contribution < -0.4 is 14.2 Å². The number of phenols is 1. The molecule has 3 N–H and O–H groups in total. The molecule has 26 heavy (non-hydrogen) atoms. The molecule has 0 radical (unpaired) electrons. The van der Waals surface area contributed by atoms with E-state index in [4.69, 9.17) is 14.2 Å². The maximum absolute atomic E-state index is 10.2. The molecule has 0 amide bonds. The molecular formula is C20H24O6. The third kappa shape index (κ3) is 3.06. The lowest BCUT2D eigenvalue weighted by molar-refractivity contribution is 0.0304. The second-order valence-electron chi connectivity index (χ2n) is 6.59. The summed E-state index contributed by atoms with van der Waals surface area (Å²) in [5.41, 5.74) is 2.34. The molecule has 0 fully saturated rings. The molecule has 0 saturated heterocycles. The Kier molecular flexibility index (Phi) is 4.98. The molecule has 0 unspecified atom stereocenters. The number of phenolic OH excluding ortho intramolecular Hbond substituents is 1. The van der Waals surface area contributed by atoms with Gasteiger partial charge in [0.2, 0.25) is 0 Å². The second kappa shape index (κ2) is 7.05. The molecule has 0 aliphatic carbocycles. The van der Waals surface area contributed by atoms with Crippen LogP contribution in [0, 0.1) is 0 Å². The Balaban J connectivity index is 2.02. The van der Waals surface area contributed by atoms with Gasteiger partial charge in [-0.25, -0.2) is 0 Å². The first-order valence-corrected chi connectivity index (χ1v) is 8.48. The molecular weight excluding hydrogens is 336 g/mol. The van der Waals surface area contributed by atoms with Crippen LogP contribution in [0.3, 0.4) is 0 Å². The van der Waals surface area contributed by atoms with Gasteiger partial charge in [0.25, 0.3) is 0 Å². The summed E-state index contributed by atoms with van der Waals surface area (Å²) >= 11 is 0. The van der Waals surface area contributed by atoms with E-state index in [1.807, 2.05) is 13.0 Å². The summed E-state index contributed by atoms with van der Waals surface area (Å²) in [5, 5.41) is 29.7. The molecule has 1 heterocycles. The van der Waals surface area contributed by atoms with E-state index in [-0.39, 0.29) is 17.8 Å². The average molecular weight is 360 g/mol. The van der Waals surface area contributed by atoms with Crippen LogP contribution in [0.15, 0.2) is 30.3 Å². The average Bonchev–Trinajstić information content (AvgIpc) is 2.97. The minimum Gasteiger partial charge on any atom is -0.504 e. The Morgan fingerprint density at radius 3 is 2.35 bits per heavy atom.